The zero-order valence-corrected chi connectivity index (χ0v) is 8.32. The number of carbonyl (C=O) groups is 2. The zero-order chi connectivity index (χ0) is 11.1. The zero-order valence-electron chi connectivity index (χ0n) is 8.32. The molecule has 0 aromatic rings. The summed E-state index contributed by atoms with van der Waals surface area (Å²) in [5.74, 6) is -0.910. The predicted octanol–water partition coefficient (Wildman–Crippen LogP) is -0.219. The summed E-state index contributed by atoms with van der Waals surface area (Å²) in [4.78, 5) is 19.9. The fourth-order valence-electron chi connectivity index (χ4n) is 0.633. The van der Waals surface area contributed by atoms with Gasteiger partial charge in [0.15, 0.2) is 0 Å². The van der Waals surface area contributed by atoms with Crippen LogP contribution in [0.1, 0.15) is 13.8 Å². The Hall–Kier alpha value is -1.30. The lowest BCUT2D eigenvalue weighted by Gasteiger charge is -2.07. The van der Waals surface area contributed by atoms with Crippen molar-refractivity contribution in [2.75, 3.05) is 13.2 Å². The molecule has 1 fully saturated rings. The average Bonchev–Trinajstić information content (AvgIpc) is 2.55. The number of carboxylic acid groups (broad SMARTS) is 1. The number of carbonyl (C=O) groups excluding carboxylic acids is 1. The standard InChI is InChI=1S/C5H11NO2.C3H5NO2/c1-3(2)4(6)5(7)8;5-3-4-1-2-6-3/h3-4H,6H2,1-2H3,(H,7,8);1-2H2,(H,4,5)/t4-;/m0./s1. The van der Waals surface area contributed by atoms with Crippen LogP contribution < -0.4 is 11.1 Å². The number of carboxylic acids is 1. The SMILES string of the molecule is CC(C)[C@H](N)C(=O)O.O=C1NCCO1. The molecule has 1 aliphatic heterocycles. The Kier molecular flexibility index (Phi) is 5.62. The molecule has 1 saturated heterocycles. The van der Waals surface area contributed by atoms with Crippen LogP contribution in [0.4, 0.5) is 4.79 Å². The Morgan fingerprint density at radius 1 is 1.64 bits per heavy atom. The summed E-state index contributed by atoms with van der Waals surface area (Å²) in [6, 6.07) is -0.713. The first-order valence-electron chi connectivity index (χ1n) is 4.34. The van der Waals surface area contributed by atoms with E-state index in [1.807, 2.05) is 0 Å². The summed E-state index contributed by atoms with van der Waals surface area (Å²) in [5.41, 5.74) is 5.16. The first-order chi connectivity index (χ1) is 6.45. The molecule has 0 aliphatic carbocycles. The van der Waals surface area contributed by atoms with Crippen LogP contribution in [0, 0.1) is 5.92 Å². The Balaban J connectivity index is 0.000000249. The number of amides is 1. The molecule has 1 aliphatic rings. The van der Waals surface area contributed by atoms with Crippen molar-refractivity contribution < 1.29 is 19.4 Å². The van der Waals surface area contributed by atoms with E-state index in [1.165, 1.54) is 0 Å². The number of hydrogen-bond acceptors (Lipinski definition) is 4. The normalized spacial score (nSPS) is 16.4. The van der Waals surface area contributed by atoms with Gasteiger partial charge in [0, 0.05) is 0 Å². The summed E-state index contributed by atoms with van der Waals surface area (Å²) >= 11 is 0. The van der Waals surface area contributed by atoms with Crippen molar-refractivity contribution in [3.05, 3.63) is 0 Å². The van der Waals surface area contributed by atoms with Gasteiger partial charge >= 0.3 is 12.1 Å². The van der Waals surface area contributed by atoms with Crippen molar-refractivity contribution in [2.45, 2.75) is 19.9 Å². The minimum atomic E-state index is -0.931. The maximum absolute atomic E-state index is 10.0. The molecule has 0 unspecified atom stereocenters. The second kappa shape index (κ2) is 6.20. The second-order valence-corrected chi connectivity index (χ2v) is 3.17. The van der Waals surface area contributed by atoms with E-state index < -0.39 is 12.0 Å². The molecule has 0 aromatic heterocycles. The third-order valence-corrected chi connectivity index (χ3v) is 1.61. The van der Waals surface area contributed by atoms with Crippen LogP contribution in [-0.4, -0.2) is 36.4 Å². The van der Waals surface area contributed by atoms with E-state index in [2.05, 4.69) is 10.1 Å². The Labute approximate surface area is 82.4 Å². The smallest absolute Gasteiger partial charge is 0.407 e. The van der Waals surface area contributed by atoms with E-state index in [9.17, 15) is 9.59 Å². The van der Waals surface area contributed by atoms with E-state index >= 15 is 0 Å². The molecule has 0 radical (unpaired) electrons. The number of rotatable bonds is 2. The molecule has 0 saturated carbocycles. The molecule has 0 spiro atoms. The number of nitrogens with one attached hydrogen (secondary N) is 1. The lowest BCUT2D eigenvalue weighted by molar-refractivity contribution is -0.139. The highest BCUT2D eigenvalue weighted by molar-refractivity contribution is 5.73. The molecule has 1 atom stereocenters. The van der Waals surface area contributed by atoms with Gasteiger partial charge in [0.2, 0.25) is 0 Å². The summed E-state index contributed by atoms with van der Waals surface area (Å²) < 4.78 is 4.40. The largest absolute Gasteiger partial charge is 0.480 e. The fraction of sp³-hybridized carbons (Fsp3) is 0.750. The van der Waals surface area contributed by atoms with Crippen LogP contribution in [-0.2, 0) is 9.53 Å². The van der Waals surface area contributed by atoms with Gasteiger partial charge in [-0.25, -0.2) is 4.79 Å². The minimum absolute atomic E-state index is 0.0208. The van der Waals surface area contributed by atoms with Crippen molar-refractivity contribution >= 4 is 12.1 Å². The van der Waals surface area contributed by atoms with Crippen LogP contribution in [0.2, 0.25) is 0 Å². The molecule has 1 amide bonds. The van der Waals surface area contributed by atoms with Gasteiger partial charge in [0.25, 0.3) is 0 Å². The third-order valence-electron chi connectivity index (χ3n) is 1.61. The van der Waals surface area contributed by atoms with Gasteiger partial charge in [-0.1, -0.05) is 13.8 Å². The number of aliphatic carboxylic acids is 1. The molecule has 1 rings (SSSR count). The molecule has 6 nitrogen and oxygen atoms in total. The fourth-order valence-corrected chi connectivity index (χ4v) is 0.633. The highest BCUT2D eigenvalue weighted by atomic mass is 16.6. The van der Waals surface area contributed by atoms with Gasteiger partial charge in [-0.05, 0) is 5.92 Å². The highest BCUT2D eigenvalue weighted by Gasteiger charge is 2.14. The lowest BCUT2D eigenvalue weighted by atomic mass is 10.1. The van der Waals surface area contributed by atoms with Gasteiger partial charge in [-0.15, -0.1) is 0 Å². The third kappa shape index (κ3) is 5.36. The highest BCUT2D eigenvalue weighted by Crippen LogP contribution is 1.96. The number of alkyl carbamates (subject to hydrolysis) is 1. The van der Waals surface area contributed by atoms with E-state index in [0.717, 1.165) is 0 Å². The summed E-state index contributed by atoms with van der Waals surface area (Å²) in [6.07, 6.45) is -0.296. The Morgan fingerprint density at radius 2 is 2.21 bits per heavy atom. The first-order valence-corrected chi connectivity index (χ1v) is 4.34. The molecule has 0 bridgehead atoms. The van der Waals surface area contributed by atoms with E-state index in [1.54, 1.807) is 13.8 Å². The van der Waals surface area contributed by atoms with E-state index in [-0.39, 0.29) is 12.0 Å². The average molecular weight is 204 g/mol. The topological polar surface area (TPSA) is 102 Å². The molecule has 0 aromatic carbocycles. The summed E-state index contributed by atoms with van der Waals surface area (Å²) in [6.45, 7) is 4.75. The second-order valence-electron chi connectivity index (χ2n) is 3.17. The van der Waals surface area contributed by atoms with E-state index in [4.69, 9.17) is 10.8 Å². The van der Waals surface area contributed by atoms with Crippen LogP contribution in [0.5, 0.6) is 0 Å². The molecular formula is C8H16N2O4. The number of nitrogens with two attached hydrogens (primary N) is 1. The number of cyclic esters (lactones) is 1. The molecule has 1 heterocycles. The monoisotopic (exact) mass is 204 g/mol. The van der Waals surface area contributed by atoms with Gasteiger partial charge in [0.05, 0.1) is 6.54 Å². The molecule has 14 heavy (non-hydrogen) atoms. The minimum Gasteiger partial charge on any atom is -0.480 e. The van der Waals surface area contributed by atoms with E-state index in [0.29, 0.717) is 13.2 Å². The van der Waals surface area contributed by atoms with Crippen LogP contribution in [0.25, 0.3) is 0 Å². The van der Waals surface area contributed by atoms with Crippen molar-refractivity contribution in [2.24, 2.45) is 11.7 Å². The van der Waals surface area contributed by atoms with Gasteiger partial charge < -0.3 is 20.9 Å². The van der Waals surface area contributed by atoms with Crippen LogP contribution >= 0.6 is 0 Å². The lowest BCUT2D eigenvalue weighted by Crippen LogP contribution is -2.34. The molecule has 4 N–H and O–H groups in total. The number of hydrogen-bond donors (Lipinski definition) is 3. The molecule has 82 valence electrons. The Bertz CT molecular complexity index is 198. The van der Waals surface area contributed by atoms with Crippen LogP contribution in [0.15, 0.2) is 0 Å². The summed E-state index contributed by atoms with van der Waals surface area (Å²) in [5, 5.41) is 10.7. The van der Waals surface area contributed by atoms with Crippen molar-refractivity contribution in [3.63, 3.8) is 0 Å². The van der Waals surface area contributed by atoms with Gasteiger partial charge in [-0.2, -0.15) is 0 Å². The van der Waals surface area contributed by atoms with Crippen LogP contribution in [0.3, 0.4) is 0 Å². The van der Waals surface area contributed by atoms with Crippen molar-refractivity contribution in [3.8, 4) is 0 Å². The molecular weight excluding hydrogens is 188 g/mol. The first kappa shape index (κ1) is 12.7. The number of ether oxygens (including phenoxy) is 1. The predicted molar refractivity (Wildman–Crippen MR) is 49.8 cm³/mol. The maximum Gasteiger partial charge on any atom is 0.407 e. The van der Waals surface area contributed by atoms with Gasteiger partial charge in [-0.3, -0.25) is 4.79 Å². The Morgan fingerprint density at radius 3 is 2.29 bits per heavy atom. The van der Waals surface area contributed by atoms with Crippen molar-refractivity contribution in [1.82, 2.24) is 5.32 Å². The van der Waals surface area contributed by atoms with Crippen molar-refractivity contribution in [1.29, 1.82) is 0 Å². The van der Waals surface area contributed by atoms with Gasteiger partial charge in [0.1, 0.15) is 12.6 Å². The maximum atomic E-state index is 10.0. The molecule has 6 heteroatoms. The quantitative estimate of drug-likeness (QED) is 0.577. The summed E-state index contributed by atoms with van der Waals surface area (Å²) in [7, 11) is 0.